The fraction of sp³-hybridized carbons (Fsp3) is 0.444. The summed E-state index contributed by atoms with van der Waals surface area (Å²) < 4.78 is 0. The number of ketones is 2. The molecule has 1 fully saturated rings. The van der Waals surface area contributed by atoms with Gasteiger partial charge in [0.05, 0.1) is 5.57 Å². The molecule has 0 unspecified atom stereocenters. The molecule has 1 N–H and O–H groups in total. The Labute approximate surface area is 124 Å². The Morgan fingerprint density at radius 3 is 2.48 bits per heavy atom. The zero-order valence-corrected chi connectivity index (χ0v) is 12.3. The van der Waals surface area contributed by atoms with E-state index in [0.717, 1.165) is 18.4 Å². The highest BCUT2D eigenvalue weighted by Crippen LogP contribution is 2.35. The molecule has 0 heterocycles. The standard InChI is InChI=1S/C18H20O3/c1-2-15(19)18-16(20)9-14(10-17(18)21)13-7-6-11-4-3-5-12(11)8-13/h6-8,14,19H,2-5,9-10H2,1H3. The summed E-state index contributed by atoms with van der Waals surface area (Å²) in [5, 5.41) is 9.75. The molecule has 3 rings (SSSR count). The van der Waals surface area contributed by atoms with Crippen molar-refractivity contribution in [2.75, 3.05) is 0 Å². The minimum atomic E-state index is -0.212. The molecule has 21 heavy (non-hydrogen) atoms. The van der Waals surface area contributed by atoms with E-state index in [1.807, 2.05) is 0 Å². The Kier molecular flexibility index (Phi) is 3.66. The van der Waals surface area contributed by atoms with Crippen LogP contribution in [-0.2, 0) is 22.4 Å². The summed E-state index contributed by atoms with van der Waals surface area (Å²) in [6, 6.07) is 6.37. The number of aliphatic hydroxyl groups is 1. The van der Waals surface area contributed by atoms with Gasteiger partial charge in [-0.2, -0.15) is 0 Å². The molecule has 0 amide bonds. The fourth-order valence-corrected chi connectivity index (χ4v) is 3.46. The molecule has 0 saturated heterocycles. The lowest BCUT2D eigenvalue weighted by molar-refractivity contribution is -0.124. The van der Waals surface area contributed by atoms with Crippen molar-refractivity contribution in [1.29, 1.82) is 0 Å². The molecular formula is C18H20O3. The number of benzene rings is 1. The maximum atomic E-state index is 12.2. The van der Waals surface area contributed by atoms with E-state index < -0.39 is 0 Å². The van der Waals surface area contributed by atoms with Crippen LogP contribution < -0.4 is 0 Å². The van der Waals surface area contributed by atoms with Gasteiger partial charge in [-0.3, -0.25) is 9.59 Å². The topological polar surface area (TPSA) is 54.4 Å². The number of hydrogen-bond acceptors (Lipinski definition) is 3. The van der Waals surface area contributed by atoms with Crippen molar-refractivity contribution in [1.82, 2.24) is 0 Å². The van der Waals surface area contributed by atoms with Crippen LogP contribution in [0.2, 0.25) is 0 Å². The second-order valence-corrected chi connectivity index (χ2v) is 6.01. The summed E-state index contributed by atoms with van der Waals surface area (Å²) in [6.07, 6.45) is 4.40. The largest absolute Gasteiger partial charge is 0.511 e. The molecule has 3 nitrogen and oxygen atoms in total. The number of carbonyl (C=O) groups excluding carboxylic acids is 2. The van der Waals surface area contributed by atoms with Gasteiger partial charge < -0.3 is 5.11 Å². The first-order valence-electron chi connectivity index (χ1n) is 7.70. The minimum Gasteiger partial charge on any atom is -0.511 e. The number of rotatable bonds is 2. The lowest BCUT2D eigenvalue weighted by atomic mass is 9.79. The Bertz CT molecular complexity index is 620. The van der Waals surface area contributed by atoms with Crippen LogP contribution in [0.5, 0.6) is 0 Å². The van der Waals surface area contributed by atoms with Gasteiger partial charge in [-0.15, -0.1) is 0 Å². The summed E-state index contributed by atoms with van der Waals surface area (Å²) in [6.45, 7) is 1.75. The fourth-order valence-electron chi connectivity index (χ4n) is 3.46. The van der Waals surface area contributed by atoms with Gasteiger partial charge >= 0.3 is 0 Å². The van der Waals surface area contributed by atoms with Crippen LogP contribution in [0.3, 0.4) is 0 Å². The van der Waals surface area contributed by atoms with Crippen molar-refractivity contribution < 1.29 is 14.7 Å². The molecule has 110 valence electrons. The van der Waals surface area contributed by atoms with E-state index in [1.165, 1.54) is 17.5 Å². The number of allylic oxidation sites excluding steroid dienone is 2. The van der Waals surface area contributed by atoms with E-state index in [9.17, 15) is 14.7 Å². The maximum Gasteiger partial charge on any atom is 0.170 e. The van der Waals surface area contributed by atoms with Gasteiger partial charge in [0.25, 0.3) is 0 Å². The van der Waals surface area contributed by atoms with E-state index in [1.54, 1.807) is 6.92 Å². The van der Waals surface area contributed by atoms with Crippen molar-refractivity contribution in [3.8, 4) is 0 Å². The first-order valence-corrected chi connectivity index (χ1v) is 7.70. The Hall–Kier alpha value is -1.90. The number of carbonyl (C=O) groups is 2. The summed E-state index contributed by atoms with van der Waals surface area (Å²) in [4.78, 5) is 24.4. The second-order valence-electron chi connectivity index (χ2n) is 6.01. The van der Waals surface area contributed by atoms with Gasteiger partial charge in [-0.1, -0.05) is 25.1 Å². The van der Waals surface area contributed by atoms with E-state index >= 15 is 0 Å². The second kappa shape index (κ2) is 5.47. The van der Waals surface area contributed by atoms with Crippen LogP contribution >= 0.6 is 0 Å². The van der Waals surface area contributed by atoms with Gasteiger partial charge in [0, 0.05) is 19.3 Å². The first-order chi connectivity index (χ1) is 10.1. The average Bonchev–Trinajstić information content (AvgIpc) is 2.93. The predicted octanol–water partition coefficient (Wildman–Crippen LogP) is 3.41. The van der Waals surface area contributed by atoms with Crippen LogP contribution in [0.15, 0.2) is 29.5 Å². The number of fused-ring (bicyclic) bond motifs is 1. The molecule has 1 saturated carbocycles. The van der Waals surface area contributed by atoms with Crippen LogP contribution in [-0.4, -0.2) is 16.7 Å². The molecule has 0 aliphatic heterocycles. The summed E-state index contributed by atoms with van der Waals surface area (Å²) in [5.41, 5.74) is 3.89. The normalized spacial score (nSPS) is 21.6. The molecule has 0 radical (unpaired) electrons. The third-order valence-corrected chi connectivity index (χ3v) is 4.64. The summed E-state index contributed by atoms with van der Waals surface area (Å²) in [7, 11) is 0. The number of aryl methyl sites for hydroxylation is 2. The lowest BCUT2D eigenvalue weighted by Gasteiger charge is -2.23. The molecule has 0 atom stereocenters. The van der Waals surface area contributed by atoms with E-state index in [2.05, 4.69) is 18.2 Å². The third-order valence-electron chi connectivity index (χ3n) is 4.64. The molecule has 0 aromatic heterocycles. The number of aliphatic hydroxyl groups excluding tert-OH is 1. The number of Topliss-reactive ketones (excluding diaryl/α,β-unsaturated/α-hetero) is 2. The quantitative estimate of drug-likeness (QED) is 0.514. The van der Waals surface area contributed by atoms with Crippen LogP contribution in [0.4, 0.5) is 0 Å². The molecule has 0 spiro atoms. The molecule has 1 aromatic rings. The number of hydrogen-bond donors (Lipinski definition) is 1. The van der Waals surface area contributed by atoms with E-state index in [-0.39, 0.29) is 28.8 Å². The zero-order valence-electron chi connectivity index (χ0n) is 12.3. The molecule has 3 heteroatoms. The molecule has 0 bridgehead atoms. The SMILES string of the molecule is CCC(O)=C1C(=O)CC(c2ccc3c(c2)CCC3)CC1=O. The highest BCUT2D eigenvalue weighted by molar-refractivity contribution is 6.22. The smallest absolute Gasteiger partial charge is 0.170 e. The molecule has 2 aliphatic carbocycles. The van der Waals surface area contributed by atoms with E-state index in [0.29, 0.717) is 19.3 Å². The van der Waals surface area contributed by atoms with Gasteiger partial charge in [-0.05, 0) is 41.9 Å². The van der Waals surface area contributed by atoms with Crippen molar-refractivity contribution in [3.05, 3.63) is 46.2 Å². The van der Waals surface area contributed by atoms with Crippen LogP contribution in [0.25, 0.3) is 0 Å². The highest BCUT2D eigenvalue weighted by Gasteiger charge is 2.33. The Morgan fingerprint density at radius 2 is 1.81 bits per heavy atom. The van der Waals surface area contributed by atoms with Gasteiger partial charge in [0.15, 0.2) is 11.6 Å². The average molecular weight is 284 g/mol. The van der Waals surface area contributed by atoms with Gasteiger partial charge in [0.1, 0.15) is 5.76 Å². The third kappa shape index (κ3) is 2.53. The minimum absolute atomic E-state index is 0.0370. The molecule has 1 aromatic carbocycles. The van der Waals surface area contributed by atoms with Gasteiger partial charge in [-0.25, -0.2) is 0 Å². The summed E-state index contributed by atoms with van der Waals surface area (Å²) in [5.74, 6) is -0.520. The maximum absolute atomic E-state index is 12.2. The van der Waals surface area contributed by atoms with Crippen LogP contribution in [0, 0.1) is 0 Å². The van der Waals surface area contributed by atoms with Crippen molar-refractivity contribution in [3.63, 3.8) is 0 Å². The van der Waals surface area contributed by atoms with E-state index in [4.69, 9.17) is 0 Å². The highest BCUT2D eigenvalue weighted by atomic mass is 16.3. The van der Waals surface area contributed by atoms with Gasteiger partial charge in [0.2, 0.25) is 0 Å². The Balaban J connectivity index is 1.87. The monoisotopic (exact) mass is 284 g/mol. The summed E-state index contributed by atoms with van der Waals surface area (Å²) >= 11 is 0. The van der Waals surface area contributed by atoms with Crippen molar-refractivity contribution in [2.24, 2.45) is 0 Å². The molecular weight excluding hydrogens is 264 g/mol. The Morgan fingerprint density at radius 1 is 1.14 bits per heavy atom. The van der Waals surface area contributed by atoms with Crippen molar-refractivity contribution >= 4 is 11.6 Å². The first kappa shape index (κ1) is 14.1. The lowest BCUT2D eigenvalue weighted by Crippen LogP contribution is -2.26. The zero-order chi connectivity index (χ0) is 15.0. The van der Waals surface area contributed by atoms with Crippen LogP contribution in [0.1, 0.15) is 55.2 Å². The molecule has 2 aliphatic rings. The predicted molar refractivity (Wildman–Crippen MR) is 80.4 cm³/mol. The van der Waals surface area contributed by atoms with Crippen molar-refractivity contribution in [2.45, 2.75) is 51.4 Å².